The van der Waals surface area contributed by atoms with Crippen LogP contribution in [-0.4, -0.2) is 22.7 Å². The van der Waals surface area contributed by atoms with E-state index in [-0.39, 0.29) is 11.6 Å². The molecule has 5 atom stereocenters. The number of aromatic nitrogens is 1. The Hall–Kier alpha value is -0.930. The molecular formula is C19H28N2O. The van der Waals surface area contributed by atoms with Crippen LogP contribution in [0, 0.1) is 17.8 Å². The average molecular weight is 300 g/mol. The van der Waals surface area contributed by atoms with Crippen molar-refractivity contribution in [3.8, 4) is 0 Å². The number of pyridine rings is 1. The topological polar surface area (TPSA) is 45.2 Å². The number of fused-ring (bicyclic) bond motifs is 1. The van der Waals surface area contributed by atoms with E-state index in [1.165, 1.54) is 36.9 Å². The summed E-state index contributed by atoms with van der Waals surface area (Å²) >= 11 is 0. The number of hydrogen-bond donors (Lipinski definition) is 2. The van der Waals surface area contributed by atoms with Crippen LogP contribution in [0.15, 0.2) is 12.1 Å². The predicted octanol–water partition coefficient (Wildman–Crippen LogP) is 2.80. The van der Waals surface area contributed by atoms with Crippen LogP contribution in [0.25, 0.3) is 0 Å². The van der Waals surface area contributed by atoms with E-state index in [2.05, 4.69) is 24.4 Å². The number of piperidine rings is 1. The second-order valence-corrected chi connectivity index (χ2v) is 8.01. The van der Waals surface area contributed by atoms with Gasteiger partial charge in [-0.2, -0.15) is 0 Å². The van der Waals surface area contributed by atoms with Crippen molar-refractivity contribution in [3.05, 3.63) is 29.1 Å². The largest absolute Gasteiger partial charge is 0.393 e. The molecule has 4 rings (SSSR count). The Labute approximate surface area is 133 Å². The molecule has 120 valence electrons. The normalized spacial score (nSPS) is 38.0. The van der Waals surface area contributed by atoms with E-state index < -0.39 is 0 Å². The third-order valence-corrected chi connectivity index (χ3v) is 6.18. The van der Waals surface area contributed by atoms with E-state index in [0.717, 1.165) is 36.4 Å². The van der Waals surface area contributed by atoms with E-state index in [4.69, 9.17) is 4.98 Å². The van der Waals surface area contributed by atoms with Crippen LogP contribution in [0.4, 0.5) is 0 Å². The van der Waals surface area contributed by atoms with Gasteiger partial charge in [-0.15, -0.1) is 0 Å². The Kier molecular flexibility index (Phi) is 3.54. The lowest BCUT2D eigenvalue weighted by Crippen LogP contribution is -2.60. The number of hydrogen-bond acceptors (Lipinski definition) is 3. The van der Waals surface area contributed by atoms with Crippen LogP contribution in [0.2, 0.25) is 0 Å². The average Bonchev–Trinajstić information content (AvgIpc) is 2.45. The highest BCUT2D eigenvalue weighted by Gasteiger charge is 2.53. The van der Waals surface area contributed by atoms with Gasteiger partial charge in [-0.3, -0.25) is 4.98 Å². The van der Waals surface area contributed by atoms with Gasteiger partial charge in [-0.1, -0.05) is 13.0 Å². The molecule has 0 spiro atoms. The Morgan fingerprint density at radius 2 is 2.32 bits per heavy atom. The van der Waals surface area contributed by atoms with Crippen molar-refractivity contribution < 1.29 is 5.11 Å². The first-order valence-electron chi connectivity index (χ1n) is 9.01. The third kappa shape index (κ3) is 2.21. The number of rotatable bonds is 2. The molecule has 1 saturated heterocycles. The summed E-state index contributed by atoms with van der Waals surface area (Å²) < 4.78 is 0. The van der Waals surface area contributed by atoms with E-state index in [9.17, 15) is 5.11 Å². The van der Waals surface area contributed by atoms with Crippen LogP contribution in [0.5, 0.6) is 0 Å². The van der Waals surface area contributed by atoms with E-state index >= 15 is 0 Å². The van der Waals surface area contributed by atoms with E-state index in [1.54, 1.807) is 0 Å². The lowest BCUT2D eigenvalue weighted by Gasteiger charge is -2.57. The van der Waals surface area contributed by atoms with Crippen LogP contribution in [-0.2, 0) is 18.4 Å². The van der Waals surface area contributed by atoms with Gasteiger partial charge in [0.05, 0.1) is 6.10 Å². The molecule has 2 aliphatic carbocycles. The van der Waals surface area contributed by atoms with Gasteiger partial charge in [0.1, 0.15) is 0 Å². The Morgan fingerprint density at radius 1 is 1.45 bits per heavy atom. The van der Waals surface area contributed by atoms with Crippen molar-refractivity contribution in [2.75, 3.05) is 6.54 Å². The molecule has 1 aliphatic heterocycles. The van der Waals surface area contributed by atoms with Crippen LogP contribution < -0.4 is 5.32 Å². The van der Waals surface area contributed by atoms with Crippen molar-refractivity contribution in [2.45, 2.75) is 64.0 Å². The Bertz CT molecular complexity index is 571. The summed E-state index contributed by atoms with van der Waals surface area (Å²) in [5.74, 6) is 2.39. The zero-order chi connectivity index (χ0) is 15.3. The summed E-state index contributed by atoms with van der Waals surface area (Å²) in [4.78, 5) is 4.95. The highest BCUT2D eigenvalue weighted by atomic mass is 16.3. The molecule has 0 radical (unpaired) electrons. The fourth-order valence-corrected chi connectivity index (χ4v) is 5.59. The number of nitrogens with one attached hydrogen (secondary N) is 1. The molecule has 3 heteroatoms. The zero-order valence-corrected chi connectivity index (χ0v) is 13.8. The quantitative estimate of drug-likeness (QED) is 0.883. The lowest BCUT2D eigenvalue weighted by atomic mass is 9.54. The van der Waals surface area contributed by atoms with Gasteiger partial charge in [0.25, 0.3) is 0 Å². The highest BCUT2D eigenvalue weighted by Crippen LogP contribution is 2.55. The number of nitrogens with zero attached hydrogens (tertiary/aromatic N) is 1. The second kappa shape index (κ2) is 5.31. The Morgan fingerprint density at radius 3 is 3.14 bits per heavy atom. The molecule has 1 aromatic rings. The monoisotopic (exact) mass is 300 g/mol. The molecule has 3 nitrogen and oxygen atoms in total. The standard InChI is InChI=1S/C19H28N2O/c1-12-8-14-10-18-17(6-5-15(21-18)9-13(2)22)19(11-12)16(14)4-3-7-20-19/h5-6,12-14,16,20,22H,3-4,7-11H2,1-2H3/t12-,13-,14-,16+,19+/m0/s1. The van der Waals surface area contributed by atoms with Gasteiger partial charge in [-0.25, -0.2) is 0 Å². The summed E-state index contributed by atoms with van der Waals surface area (Å²) in [7, 11) is 0. The van der Waals surface area contributed by atoms with Gasteiger partial charge in [0.15, 0.2) is 0 Å². The van der Waals surface area contributed by atoms with Crippen molar-refractivity contribution in [1.29, 1.82) is 0 Å². The minimum atomic E-state index is -0.313. The summed E-state index contributed by atoms with van der Waals surface area (Å²) in [6.07, 6.45) is 6.81. The maximum atomic E-state index is 9.64. The first kappa shape index (κ1) is 14.6. The van der Waals surface area contributed by atoms with Crippen molar-refractivity contribution in [1.82, 2.24) is 10.3 Å². The molecule has 1 aromatic heterocycles. The van der Waals surface area contributed by atoms with E-state index in [0.29, 0.717) is 6.42 Å². The maximum Gasteiger partial charge on any atom is 0.0567 e. The summed E-state index contributed by atoms with van der Waals surface area (Å²) in [6, 6.07) is 4.47. The summed E-state index contributed by atoms with van der Waals surface area (Å²) in [6.45, 7) is 5.40. The molecule has 2 N–H and O–H groups in total. The number of aliphatic hydroxyl groups excluding tert-OH is 1. The molecule has 2 heterocycles. The second-order valence-electron chi connectivity index (χ2n) is 8.01. The fraction of sp³-hybridized carbons (Fsp3) is 0.737. The van der Waals surface area contributed by atoms with Crippen molar-refractivity contribution >= 4 is 0 Å². The summed E-state index contributed by atoms with van der Waals surface area (Å²) in [5, 5.41) is 13.6. The smallest absolute Gasteiger partial charge is 0.0567 e. The van der Waals surface area contributed by atoms with Crippen molar-refractivity contribution in [3.63, 3.8) is 0 Å². The van der Waals surface area contributed by atoms with Gasteiger partial charge in [-0.05, 0) is 75.0 Å². The maximum absolute atomic E-state index is 9.64. The molecule has 0 aromatic carbocycles. The molecule has 0 unspecified atom stereocenters. The zero-order valence-electron chi connectivity index (χ0n) is 13.8. The lowest BCUT2D eigenvalue weighted by molar-refractivity contribution is 0.00795. The number of aliphatic hydroxyl groups is 1. The molecule has 0 amide bonds. The molecule has 2 fully saturated rings. The van der Waals surface area contributed by atoms with Crippen LogP contribution in [0.1, 0.15) is 56.5 Å². The minimum Gasteiger partial charge on any atom is -0.393 e. The van der Waals surface area contributed by atoms with E-state index in [1.807, 2.05) is 6.92 Å². The van der Waals surface area contributed by atoms with Crippen LogP contribution in [0.3, 0.4) is 0 Å². The Balaban J connectivity index is 1.77. The van der Waals surface area contributed by atoms with Gasteiger partial charge in [0.2, 0.25) is 0 Å². The molecular weight excluding hydrogens is 272 g/mol. The first-order chi connectivity index (χ1) is 10.6. The summed E-state index contributed by atoms with van der Waals surface area (Å²) in [5.41, 5.74) is 4.01. The third-order valence-electron chi connectivity index (χ3n) is 6.18. The molecule has 1 saturated carbocycles. The fourth-order valence-electron chi connectivity index (χ4n) is 5.59. The molecule has 22 heavy (non-hydrogen) atoms. The van der Waals surface area contributed by atoms with Gasteiger partial charge >= 0.3 is 0 Å². The van der Waals surface area contributed by atoms with Crippen molar-refractivity contribution in [2.24, 2.45) is 17.8 Å². The first-order valence-corrected chi connectivity index (χ1v) is 9.01. The SMILES string of the molecule is C[C@H]1C[C@H]2Cc3nc(C[C@H](C)O)ccc3[C@]3(C1)NCCC[C@H]23. The molecule has 3 aliphatic rings. The highest BCUT2D eigenvalue weighted by molar-refractivity contribution is 5.37. The molecule has 2 bridgehead atoms. The minimum absolute atomic E-state index is 0.185. The van der Waals surface area contributed by atoms with Gasteiger partial charge in [0, 0.05) is 23.3 Å². The van der Waals surface area contributed by atoms with Gasteiger partial charge < -0.3 is 10.4 Å². The predicted molar refractivity (Wildman–Crippen MR) is 87.6 cm³/mol. The van der Waals surface area contributed by atoms with Crippen LogP contribution >= 0.6 is 0 Å².